The molecule has 1 aliphatic heterocycles. The lowest BCUT2D eigenvalue weighted by atomic mass is 9.89. The zero-order valence-corrected chi connectivity index (χ0v) is 18.3. The average molecular weight is 439 g/mol. The maximum atomic E-state index is 14.1. The highest BCUT2D eigenvalue weighted by Gasteiger charge is 2.27. The Labute approximate surface area is 186 Å². The van der Waals surface area contributed by atoms with Crippen LogP contribution in [0.2, 0.25) is 0 Å². The molecule has 2 aromatic carbocycles. The van der Waals surface area contributed by atoms with Crippen molar-refractivity contribution in [2.75, 3.05) is 27.3 Å². The number of halogens is 1. The molecule has 168 valence electrons. The fourth-order valence-electron chi connectivity index (χ4n) is 4.27. The summed E-state index contributed by atoms with van der Waals surface area (Å²) in [5, 5.41) is 4.17. The Balaban J connectivity index is 1.44. The number of methoxy groups -OCH3 is 2. The van der Waals surface area contributed by atoms with Crippen LogP contribution in [0.25, 0.3) is 0 Å². The Bertz CT molecular complexity index is 1070. The molecule has 8 heteroatoms. The molecule has 1 atom stereocenters. The lowest BCUT2D eigenvalue weighted by Gasteiger charge is -2.32. The molecule has 0 spiro atoms. The summed E-state index contributed by atoms with van der Waals surface area (Å²) in [5.74, 6) is 0.275. The second kappa shape index (κ2) is 9.91. The molecule has 0 radical (unpaired) electrons. The first-order valence-electron chi connectivity index (χ1n) is 10.7. The predicted octanol–water partition coefficient (Wildman–Crippen LogP) is 3.58. The first-order chi connectivity index (χ1) is 15.6. The van der Waals surface area contributed by atoms with Crippen molar-refractivity contribution in [2.45, 2.75) is 25.9 Å². The Kier molecular flexibility index (Phi) is 6.80. The van der Waals surface area contributed by atoms with Gasteiger partial charge in [-0.15, -0.1) is 0 Å². The summed E-state index contributed by atoms with van der Waals surface area (Å²) in [5.41, 5.74) is 2.56. The number of ketones is 1. The van der Waals surface area contributed by atoms with Gasteiger partial charge in [-0.25, -0.2) is 14.1 Å². The molecular formula is C24H27FN4O3. The molecule has 1 aromatic heterocycles. The second-order valence-electron chi connectivity index (χ2n) is 8.03. The van der Waals surface area contributed by atoms with Crippen LogP contribution >= 0.6 is 0 Å². The zero-order chi connectivity index (χ0) is 22.5. The molecule has 1 unspecified atom stereocenters. The molecule has 1 aliphatic rings. The van der Waals surface area contributed by atoms with Crippen LogP contribution < -0.4 is 9.47 Å². The van der Waals surface area contributed by atoms with Crippen LogP contribution in [0.5, 0.6) is 11.5 Å². The summed E-state index contributed by atoms with van der Waals surface area (Å²) in [6.07, 6.45) is 4.92. The van der Waals surface area contributed by atoms with E-state index in [0.29, 0.717) is 18.7 Å². The maximum absolute atomic E-state index is 14.1. The van der Waals surface area contributed by atoms with Gasteiger partial charge in [0.2, 0.25) is 0 Å². The van der Waals surface area contributed by atoms with Crippen LogP contribution in [0, 0.1) is 11.7 Å². The van der Waals surface area contributed by atoms with Crippen molar-refractivity contribution in [3.63, 3.8) is 0 Å². The van der Waals surface area contributed by atoms with Crippen molar-refractivity contribution in [2.24, 2.45) is 5.92 Å². The van der Waals surface area contributed by atoms with E-state index in [4.69, 9.17) is 9.47 Å². The summed E-state index contributed by atoms with van der Waals surface area (Å²) in [4.78, 5) is 19.3. The molecule has 32 heavy (non-hydrogen) atoms. The molecule has 1 fully saturated rings. The molecule has 4 rings (SSSR count). The van der Waals surface area contributed by atoms with E-state index in [1.807, 2.05) is 12.1 Å². The fourth-order valence-corrected chi connectivity index (χ4v) is 4.27. The monoisotopic (exact) mass is 438 g/mol. The number of ether oxygens (including phenoxy) is 2. The lowest BCUT2D eigenvalue weighted by molar-refractivity contribution is 0.0811. The van der Waals surface area contributed by atoms with E-state index in [1.165, 1.54) is 25.6 Å². The Morgan fingerprint density at radius 3 is 2.66 bits per heavy atom. The second-order valence-corrected chi connectivity index (χ2v) is 8.03. The van der Waals surface area contributed by atoms with E-state index in [0.717, 1.165) is 42.8 Å². The topological polar surface area (TPSA) is 69.5 Å². The first-order valence-corrected chi connectivity index (χ1v) is 10.7. The Hall–Kier alpha value is -3.26. The Morgan fingerprint density at radius 2 is 1.94 bits per heavy atom. The van der Waals surface area contributed by atoms with E-state index >= 15 is 0 Å². The van der Waals surface area contributed by atoms with Crippen molar-refractivity contribution in [3.8, 4) is 11.5 Å². The van der Waals surface area contributed by atoms with Crippen molar-refractivity contribution in [1.29, 1.82) is 0 Å². The normalized spacial score (nSPS) is 16.7. The highest BCUT2D eigenvalue weighted by atomic mass is 19.1. The number of aromatic nitrogens is 3. The number of piperidine rings is 1. The molecule has 7 nitrogen and oxygen atoms in total. The molecule has 0 saturated carbocycles. The smallest absolute Gasteiger partial charge is 0.167 e. The standard InChI is InChI=1S/C24H27FN4O3/c1-31-22-7-5-17(10-20(22)14-29-16-26-15-27-29)12-28-9-3-4-19(13-28)24(30)18-6-8-23(32-2)21(25)11-18/h5-8,10-11,15-16,19H,3-4,9,12-14H2,1-2H3. The minimum Gasteiger partial charge on any atom is -0.496 e. The highest BCUT2D eigenvalue weighted by molar-refractivity contribution is 5.98. The summed E-state index contributed by atoms with van der Waals surface area (Å²) in [6.45, 7) is 2.87. The minimum atomic E-state index is -0.510. The average Bonchev–Trinajstić information content (AvgIpc) is 3.32. The Morgan fingerprint density at radius 1 is 1.12 bits per heavy atom. The van der Waals surface area contributed by atoms with E-state index in [9.17, 15) is 9.18 Å². The van der Waals surface area contributed by atoms with Gasteiger partial charge in [0, 0.05) is 30.1 Å². The van der Waals surface area contributed by atoms with Gasteiger partial charge in [-0.3, -0.25) is 9.69 Å². The minimum absolute atomic E-state index is 0.0159. The van der Waals surface area contributed by atoms with Crippen LogP contribution in [-0.2, 0) is 13.1 Å². The SMILES string of the molecule is COc1ccc(C(=O)C2CCCN(Cc3ccc(OC)c(Cn4cncn4)c3)C2)cc1F. The zero-order valence-electron chi connectivity index (χ0n) is 18.3. The molecule has 0 amide bonds. The molecule has 1 saturated heterocycles. The van der Waals surface area contributed by atoms with Crippen molar-refractivity contribution < 1.29 is 18.7 Å². The quantitative estimate of drug-likeness (QED) is 0.501. The highest BCUT2D eigenvalue weighted by Crippen LogP contribution is 2.26. The van der Waals surface area contributed by atoms with Crippen molar-refractivity contribution in [3.05, 3.63) is 71.6 Å². The number of Topliss-reactive ketones (excluding diaryl/α,β-unsaturated/α-hetero) is 1. The molecule has 3 aromatic rings. The number of carbonyl (C=O) groups excluding carboxylic acids is 1. The van der Waals surface area contributed by atoms with Gasteiger partial charge in [-0.2, -0.15) is 5.10 Å². The van der Waals surface area contributed by atoms with E-state index in [1.54, 1.807) is 24.2 Å². The molecule has 0 N–H and O–H groups in total. The van der Waals surface area contributed by atoms with E-state index in [-0.39, 0.29) is 17.5 Å². The molecule has 2 heterocycles. The van der Waals surface area contributed by atoms with Gasteiger partial charge in [0.05, 0.1) is 20.8 Å². The van der Waals surface area contributed by atoms with Crippen LogP contribution in [0.1, 0.15) is 34.3 Å². The number of rotatable bonds is 8. The fraction of sp³-hybridized carbons (Fsp3) is 0.375. The predicted molar refractivity (Wildman–Crippen MR) is 117 cm³/mol. The van der Waals surface area contributed by atoms with E-state index < -0.39 is 5.82 Å². The van der Waals surface area contributed by atoms with Crippen molar-refractivity contribution in [1.82, 2.24) is 19.7 Å². The largest absolute Gasteiger partial charge is 0.496 e. The van der Waals surface area contributed by atoms with Gasteiger partial charge >= 0.3 is 0 Å². The number of carbonyl (C=O) groups is 1. The molecule has 0 aliphatic carbocycles. The summed E-state index contributed by atoms with van der Waals surface area (Å²) < 4.78 is 26.3. The molecule has 0 bridgehead atoms. The number of likely N-dealkylation sites (tertiary alicyclic amines) is 1. The third-order valence-electron chi connectivity index (χ3n) is 5.86. The van der Waals surface area contributed by atoms with Gasteiger partial charge in [-0.05, 0) is 55.3 Å². The number of hydrogen-bond acceptors (Lipinski definition) is 6. The summed E-state index contributed by atoms with van der Waals surface area (Å²) in [6, 6.07) is 10.6. The van der Waals surface area contributed by atoms with Crippen LogP contribution in [-0.4, -0.2) is 52.8 Å². The van der Waals surface area contributed by atoms with Crippen molar-refractivity contribution >= 4 is 5.78 Å². The first kappa shape index (κ1) is 22.0. The van der Waals surface area contributed by atoms with E-state index in [2.05, 4.69) is 21.0 Å². The van der Waals surface area contributed by atoms with Gasteiger partial charge in [0.1, 0.15) is 18.4 Å². The van der Waals surface area contributed by atoms with Gasteiger partial charge in [0.15, 0.2) is 17.3 Å². The molecular weight excluding hydrogens is 411 g/mol. The van der Waals surface area contributed by atoms with Gasteiger partial charge in [0.25, 0.3) is 0 Å². The number of benzene rings is 2. The van der Waals surface area contributed by atoms with Gasteiger partial charge < -0.3 is 9.47 Å². The van der Waals surface area contributed by atoms with Crippen LogP contribution in [0.15, 0.2) is 49.1 Å². The number of hydrogen-bond donors (Lipinski definition) is 0. The van der Waals surface area contributed by atoms with Gasteiger partial charge in [-0.1, -0.05) is 6.07 Å². The summed E-state index contributed by atoms with van der Waals surface area (Å²) in [7, 11) is 3.07. The summed E-state index contributed by atoms with van der Waals surface area (Å²) >= 11 is 0. The third kappa shape index (κ3) is 4.96. The number of nitrogens with zero attached hydrogens (tertiary/aromatic N) is 4. The van der Waals surface area contributed by atoms with Crippen LogP contribution in [0.3, 0.4) is 0 Å². The third-order valence-corrected chi connectivity index (χ3v) is 5.86. The van der Waals surface area contributed by atoms with Crippen LogP contribution in [0.4, 0.5) is 4.39 Å². The lowest BCUT2D eigenvalue weighted by Crippen LogP contribution is -2.38. The maximum Gasteiger partial charge on any atom is 0.167 e.